The number of amidine groups is 1. The van der Waals surface area contributed by atoms with Crippen molar-refractivity contribution in [3.05, 3.63) is 35.9 Å². The van der Waals surface area contributed by atoms with Gasteiger partial charge in [-0.2, -0.15) is 5.26 Å². The van der Waals surface area contributed by atoms with Crippen molar-refractivity contribution >= 4 is 11.7 Å². The highest BCUT2D eigenvalue weighted by Gasteiger charge is 2.58. The number of benzene rings is 1. The lowest BCUT2D eigenvalue weighted by Crippen LogP contribution is -2.60. The van der Waals surface area contributed by atoms with Gasteiger partial charge in [0.2, 0.25) is 5.91 Å². The summed E-state index contributed by atoms with van der Waals surface area (Å²) in [5.74, 6) is 2.57. The van der Waals surface area contributed by atoms with Crippen LogP contribution >= 0.6 is 0 Å². The Morgan fingerprint density at radius 3 is 2.55 bits per heavy atom. The summed E-state index contributed by atoms with van der Waals surface area (Å²) in [6, 6.07) is 10.9. The van der Waals surface area contributed by atoms with Crippen LogP contribution in [0.4, 0.5) is 0 Å². The van der Waals surface area contributed by atoms with Crippen molar-refractivity contribution in [3.63, 3.8) is 0 Å². The van der Waals surface area contributed by atoms with Crippen LogP contribution in [-0.4, -0.2) is 41.3 Å². The van der Waals surface area contributed by atoms with E-state index in [1.165, 1.54) is 12.0 Å². The number of hydrogen-bond acceptors (Lipinski definition) is 4. The van der Waals surface area contributed by atoms with E-state index < -0.39 is 0 Å². The second kappa shape index (κ2) is 8.43. The third-order valence-electron chi connectivity index (χ3n) is 9.26. The van der Waals surface area contributed by atoms with Crippen LogP contribution in [0, 0.1) is 34.6 Å². The van der Waals surface area contributed by atoms with Gasteiger partial charge in [-0.3, -0.25) is 20.0 Å². The molecule has 6 heteroatoms. The van der Waals surface area contributed by atoms with Gasteiger partial charge in [-0.15, -0.1) is 0 Å². The van der Waals surface area contributed by atoms with E-state index in [2.05, 4.69) is 60.6 Å². The molecule has 1 saturated heterocycles. The van der Waals surface area contributed by atoms with E-state index >= 15 is 0 Å². The molecule has 1 heterocycles. The zero-order valence-electron chi connectivity index (χ0n) is 20.0. The van der Waals surface area contributed by atoms with Crippen molar-refractivity contribution in [1.82, 2.24) is 10.2 Å². The second-order valence-electron chi connectivity index (χ2n) is 11.6. The molecule has 6 rings (SSSR count). The Morgan fingerprint density at radius 1 is 1.21 bits per heavy atom. The van der Waals surface area contributed by atoms with E-state index in [-0.39, 0.29) is 22.9 Å². The standard InChI is InChI=1S/C27H37N5O/c1-26(2,32-10-6-9-20(16-32)19-7-4-3-5-8-19)25(30-17-28)31-23-21-11-18-12-22(23)15-27(13-18,14-21)24(29)33/h3-5,7-8,18,20-23H,6,9-16H2,1-2H3,(H2,29,33)(H,30,31). The Morgan fingerprint density at radius 2 is 1.91 bits per heavy atom. The molecular formula is C27H37N5O. The summed E-state index contributed by atoms with van der Waals surface area (Å²) in [7, 11) is 0. The Labute approximate surface area is 197 Å². The first-order valence-electron chi connectivity index (χ1n) is 12.7. The molecular weight excluding hydrogens is 410 g/mol. The molecule has 1 aromatic rings. The van der Waals surface area contributed by atoms with Crippen LogP contribution in [0.15, 0.2) is 35.3 Å². The number of nitrogens with two attached hydrogens (primary N) is 1. The molecule has 3 atom stereocenters. The van der Waals surface area contributed by atoms with Gasteiger partial charge in [-0.25, -0.2) is 0 Å². The maximum Gasteiger partial charge on any atom is 0.223 e. The molecule has 6 nitrogen and oxygen atoms in total. The van der Waals surface area contributed by atoms with Gasteiger partial charge in [0, 0.05) is 12.0 Å². The minimum absolute atomic E-state index is 0.111. The van der Waals surface area contributed by atoms with E-state index in [0.717, 1.165) is 57.5 Å². The number of nitriles is 1. The monoisotopic (exact) mass is 447 g/mol. The summed E-state index contributed by atoms with van der Waals surface area (Å²) in [5.41, 5.74) is 6.60. The number of nitrogens with one attached hydrogen (secondary N) is 1. The molecule has 5 fully saturated rings. The van der Waals surface area contributed by atoms with Crippen molar-refractivity contribution < 1.29 is 4.79 Å². The number of piperidine rings is 1. The number of hydrogen-bond donors (Lipinski definition) is 2. The lowest BCUT2D eigenvalue weighted by Gasteiger charge is -2.58. The van der Waals surface area contributed by atoms with Crippen LogP contribution < -0.4 is 11.1 Å². The van der Waals surface area contributed by atoms with Gasteiger partial charge < -0.3 is 5.73 Å². The van der Waals surface area contributed by atoms with Gasteiger partial charge in [0.05, 0.1) is 11.6 Å². The first-order valence-corrected chi connectivity index (χ1v) is 12.7. The highest BCUT2D eigenvalue weighted by molar-refractivity contribution is 5.92. The highest BCUT2D eigenvalue weighted by Crippen LogP contribution is 2.60. The summed E-state index contributed by atoms with van der Waals surface area (Å²) >= 11 is 0. The third kappa shape index (κ3) is 3.95. The quantitative estimate of drug-likeness (QED) is 0.311. The van der Waals surface area contributed by atoms with Crippen LogP contribution in [0.5, 0.6) is 0 Å². The molecule has 1 aliphatic heterocycles. The smallest absolute Gasteiger partial charge is 0.223 e. The van der Waals surface area contributed by atoms with Crippen LogP contribution in [0.3, 0.4) is 0 Å². The van der Waals surface area contributed by atoms with E-state index in [1.54, 1.807) is 0 Å². The van der Waals surface area contributed by atoms with Crippen LogP contribution in [-0.2, 0) is 4.79 Å². The molecule has 0 radical (unpaired) electrons. The van der Waals surface area contributed by atoms with Gasteiger partial charge in [-0.1, -0.05) is 30.3 Å². The lowest BCUT2D eigenvalue weighted by molar-refractivity contribution is -0.144. The molecule has 3 unspecified atom stereocenters. The Kier molecular flexibility index (Phi) is 5.73. The molecule has 1 amide bonds. The van der Waals surface area contributed by atoms with Crippen molar-refractivity contribution in [3.8, 4) is 6.19 Å². The van der Waals surface area contributed by atoms with Crippen molar-refractivity contribution in [1.29, 1.82) is 5.26 Å². The molecule has 4 aliphatic carbocycles. The number of carbonyl (C=O) groups excluding carboxylic acids is 1. The zero-order valence-corrected chi connectivity index (χ0v) is 20.0. The van der Waals surface area contributed by atoms with E-state index in [9.17, 15) is 10.1 Å². The molecule has 0 aromatic heterocycles. The normalized spacial score (nSPS) is 36.4. The number of amides is 1. The van der Waals surface area contributed by atoms with Crippen LogP contribution in [0.2, 0.25) is 0 Å². The molecule has 0 spiro atoms. The average Bonchev–Trinajstić information content (AvgIpc) is 2.81. The number of nitrogens with zero attached hydrogens (tertiary/aromatic N) is 3. The molecule has 33 heavy (non-hydrogen) atoms. The van der Waals surface area contributed by atoms with Crippen LogP contribution in [0.25, 0.3) is 0 Å². The van der Waals surface area contributed by atoms with Gasteiger partial charge in [0.15, 0.2) is 6.19 Å². The summed E-state index contributed by atoms with van der Waals surface area (Å²) in [5, 5.41) is 12.6. The Hall–Kier alpha value is -2.39. The summed E-state index contributed by atoms with van der Waals surface area (Å²) < 4.78 is 0. The number of rotatable bonds is 5. The third-order valence-corrected chi connectivity index (χ3v) is 9.26. The first-order chi connectivity index (χ1) is 15.8. The maximum atomic E-state index is 12.3. The first kappa shape index (κ1) is 22.4. The van der Waals surface area contributed by atoms with Gasteiger partial charge in [0.25, 0.3) is 0 Å². The minimum atomic E-state index is -0.362. The number of carbonyl (C=O) groups is 1. The maximum absolute atomic E-state index is 12.3. The van der Waals surface area contributed by atoms with Gasteiger partial charge in [-0.05, 0) is 94.6 Å². The Balaban J connectivity index is 1.39. The highest BCUT2D eigenvalue weighted by atomic mass is 16.1. The molecule has 4 saturated carbocycles. The molecule has 3 N–H and O–H groups in total. The van der Waals surface area contributed by atoms with E-state index in [4.69, 9.17) is 10.7 Å². The predicted molar refractivity (Wildman–Crippen MR) is 129 cm³/mol. The molecule has 5 aliphatic rings. The van der Waals surface area contributed by atoms with Crippen molar-refractivity contribution in [2.24, 2.45) is 33.9 Å². The molecule has 176 valence electrons. The fourth-order valence-electron chi connectivity index (χ4n) is 7.69. The number of primary amides is 1. The predicted octanol–water partition coefficient (Wildman–Crippen LogP) is 3.79. The fraction of sp³-hybridized carbons (Fsp3) is 0.667. The second-order valence-corrected chi connectivity index (χ2v) is 11.6. The lowest BCUT2D eigenvalue weighted by atomic mass is 9.48. The molecule has 4 bridgehead atoms. The average molecular weight is 448 g/mol. The summed E-state index contributed by atoms with van der Waals surface area (Å²) in [4.78, 5) is 20.1. The summed E-state index contributed by atoms with van der Waals surface area (Å²) in [6.45, 7) is 6.37. The fourth-order valence-corrected chi connectivity index (χ4v) is 7.69. The van der Waals surface area contributed by atoms with Crippen molar-refractivity contribution in [2.45, 2.75) is 76.3 Å². The van der Waals surface area contributed by atoms with Gasteiger partial charge in [0.1, 0.15) is 5.84 Å². The Bertz CT molecular complexity index is 948. The minimum Gasteiger partial charge on any atom is -0.369 e. The molecule has 1 aromatic carbocycles. The van der Waals surface area contributed by atoms with Crippen molar-refractivity contribution in [2.75, 3.05) is 13.1 Å². The number of aliphatic imine (C=N–C) groups is 1. The summed E-state index contributed by atoms with van der Waals surface area (Å²) in [6.07, 6.45) is 9.48. The SMILES string of the molecule is CC(C)(C(=NC1C2CC3CC1CC(C(N)=O)(C3)C2)NC#N)N1CCCC(c2ccccc2)C1. The zero-order chi connectivity index (χ0) is 23.2. The van der Waals surface area contributed by atoms with Crippen LogP contribution in [0.1, 0.15) is 70.3 Å². The van der Waals surface area contributed by atoms with Gasteiger partial charge >= 0.3 is 0 Å². The topological polar surface area (TPSA) is 94.5 Å². The van der Waals surface area contributed by atoms with E-state index in [0.29, 0.717) is 23.7 Å². The number of likely N-dealkylation sites (tertiary alicyclic amines) is 1. The largest absolute Gasteiger partial charge is 0.369 e. The van der Waals surface area contributed by atoms with E-state index in [1.807, 2.05) is 0 Å².